The smallest absolute Gasteiger partial charge is 0.255 e. The quantitative estimate of drug-likeness (QED) is 0.765. The Bertz CT molecular complexity index is 1070. The molecule has 1 amide bonds. The first kappa shape index (κ1) is 19.2. The van der Waals surface area contributed by atoms with Crippen LogP contribution in [0.1, 0.15) is 10.4 Å². The average Bonchev–Trinajstić information content (AvgIpc) is 3.11. The van der Waals surface area contributed by atoms with Crippen molar-refractivity contribution in [1.29, 1.82) is 0 Å². The summed E-state index contributed by atoms with van der Waals surface area (Å²) in [5.74, 6) is -0.641. The van der Waals surface area contributed by atoms with Gasteiger partial charge in [0.1, 0.15) is 5.82 Å². The Morgan fingerprint density at radius 1 is 1.14 bits per heavy atom. The van der Waals surface area contributed by atoms with E-state index < -0.39 is 15.7 Å². The zero-order chi connectivity index (χ0) is 19.9. The van der Waals surface area contributed by atoms with Crippen molar-refractivity contribution in [2.75, 3.05) is 22.1 Å². The summed E-state index contributed by atoms with van der Waals surface area (Å²) in [6.45, 7) is 0. The van der Waals surface area contributed by atoms with Gasteiger partial charge in [0.25, 0.3) is 5.91 Å². The first-order valence-electron chi connectivity index (χ1n) is 8.37. The van der Waals surface area contributed by atoms with E-state index in [-0.39, 0.29) is 33.7 Å². The number of amides is 1. The first-order chi connectivity index (χ1) is 13.3. The molecular weight excluding hydrogens is 425 g/mol. The molecule has 2 N–H and O–H groups in total. The van der Waals surface area contributed by atoms with E-state index in [1.807, 2.05) is 0 Å². The summed E-state index contributed by atoms with van der Waals surface area (Å²) in [5, 5.41) is 6.40. The average molecular weight is 440 g/mol. The molecule has 2 atom stereocenters. The first-order valence-corrected chi connectivity index (χ1v) is 11.5. The Labute approximate surface area is 170 Å². The molecule has 146 valence electrons. The highest BCUT2D eigenvalue weighted by molar-refractivity contribution is 8.15. The zero-order valence-electron chi connectivity index (χ0n) is 14.4. The number of hydrogen-bond acceptors (Lipinski definition) is 6. The van der Waals surface area contributed by atoms with Gasteiger partial charge in [-0.1, -0.05) is 23.4 Å². The third-order valence-electron chi connectivity index (χ3n) is 4.39. The maximum Gasteiger partial charge on any atom is 0.255 e. The molecule has 1 fully saturated rings. The number of carbonyl (C=O) groups is 1. The van der Waals surface area contributed by atoms with E-state index >= 15 is 0 Å². The van der Waals surface area contributed by atoms with Gasteiger partial charge in [0, 0.05) is 22.2 Å². The van der Waals surface area contributed by atoms with Crippen LogP contribution in [0.2, 0.25) is 5.02 Å². The van der Waals surface area contributed by atoms with E-state index in [1.54, 1.807) is 24.3 Å². The molecule has 0 saturated carbocycles. The van der Waals surface area contributed by atoms with Crippen LogP contribution >= 0.6 is 23.4 Å². The fraction of sp³-hybridized carbons (Fsp3) is 0.222. The molecule has 10 heteroatoms. The van der Waals surface area contributed by atoms with E-state index in [2.05, 4.69) is 15.6 Å². The Morgan fingerprint density at radius 2 is 1.86 bits per heavy atom. The van der Waals surface area contributed by atoms with Crippen molar-refractivity contribution in [2.24, 2.45) is 4.99 Å². The summed E-state index contributed by atoms with van der Waals surface area (Å²) in [5.41, 5.74) is 1.57. The standard InChI is InChI=1S/C18H15ClFN3O3S2/c19-13-7-12(5-6-14(13)20)21-17(24)10-1-3-11(4-2-10)22-18-23-15-8-28(25,26)9-16(15)27-18/h1-7,15-16H,8-9H2,(H,21,24)(H,22,23)/t15-,16-/m0/s1. The fourth-order valence-electron chi connectivity index (χ4n) is 3.02. The summed E-state index contributed by atoms with van der Waals surface area (Å²) in [4.78, 5) is 16.7. The summed E-state index contributed by atoms with van der Waals surface area (Å²) in [6, 6.07) is 10.5. The number of sulfone groups is 1. The third kappa shape index (κ3) is 4.16. The molecule has 0 radical (unpaired) electrons. The Balaban J connectivity index is 1.39. The minimum absolute atomic E-state index is 0.0277. The van der Waals surface area contributed by atoms with Gasteiger partial charge in [-0.3, -0.25) is 9.79 Å². The van der Waals surface area contributed by atoms with Gasteiger partial charge in [0.15, 0.2) is 15.0 Å². The summed E-state index contributed by atoms with van der Waals surface area (Å²) in [7, 11) is -2.98. The van der Waals surface area contributed by atoms with Gasteiger partial charge in [-0.25, -0.2) is 12.8 Å². The van der Waals surface area contributed by atoms with E-state index in [1.165, 1.54) is 30.0 Å². The second-order valence-corrected chi connectivity index (χ2v) is 10.3. The summed E-state index contributed by atoms with van der Waals surface area (Å²) >= 11 is 7.15. The van der Waals surface area contributed by atoms with Gasteiger partial charge in [0.05, 0.1) is 22.6 Å². The second kappa shape index (κ2) is 7.38. The van der Waals surface area contributed by atoms with Gasteiger partial charge in [-0.15, -0.1) is 0 Å². The van der Waals surface area contributed by atoms with Crippen LogP contribution in [0, 0.1) is 5.82 Å². The van der Waals surface area contributed by atoms with Crippen molar-refractivity contribution in [3.8, 4) is 0 Å². The zero-order valence-corrected chi connectivity index (χ0v) is 16.7. The number of benzene rings is 2. The van der Waals surface area contributed by atoms with Crippen molar-refractivity contribution >= 4 is 55.6 Å². The molecule has 6 nitrogen and oxygen atoms in total. The Kier molecular flexibility index (Phi) is 5.07. The molecule has 2 aromatic carbocycles. The largest absolute Gasteiger partial charge is 0.335 e. The normalized spacial score (nSPS) is 22.4. The lowest BCUT2D eigenvalue weighted by Gasteiger charge is -2.09. The number of amidine groups is 1. The van der Waals surface area contributed by atoms with Gasteiger partial charge in [-0.2, -0.15) is 0 Å². The van der Waals surface area contributed by atoms with Gasteiger partial charge < -0.3 is 10.6 Å². The maximum absolute atomic E-state index is 13.2. The molecular formula is C18H15ClFN3O3S2. The number of nitrogens with one attached hydrogen (secondary N) is 2. The molecule has 2 heterocycles. The van der Waals surface area contributed by atoms with Crippen LogP contribution in [0.5, 0.6) is 0 Å². The number of anilines is 2. The number of halogens is 2. The highest BCUT2D eigenvalue weighted by Gasteiger charge is 2.42. The molecule has 2 aromatic rings. The maximum atomic E-state index is 13.2. The number of nitrogens with zero attached hydrogens (tertiary/aromatic N) is 1. The lowest BCUT2D eigenvalue weighted by molar-refractivity contribution is 0.102. The highest BCUT2D eigenvalue weighted by atomic mass is 35.5. The Hall–Kier alpha value is -2.10. The van der Waals surface area contributed by atoms with Crippen LogP contribution in [0.4, 0.5) is 15.8 Å². The summed E-state index contributed by atoms with van der Waals surface area (Å²) in [6.07, 6.45) is 0. The number of aliphatic imine (C=N–C) groups is 1. The molecule has 2 aliphatic heterocycles. The molecule has 0 aromatic heterocycles. The Morgan fingerprint density at radius 3 is 2.54 bits per heavy atom. The highest BCUT2D eigenvalue weighted by Crippen LogP contribution is 2.34. The van der Waals surface area contributed by atoms with Crippen LogP contribution < -0.4 is 10.6 Å². The van der Waals surface area contributed by atoms with E-state index in [9.17, 15) is 17.6 Å². The van der Waals surface area contributed by atoms with E-state index in [4.69, 9.17) is 11.6 Å². The number of hydrogen-bond donors (Lipinski definition) is 2. The monoisotopic (exact) mass is 439 g/mol. The molecule has 2 aliphatic rings. The molecule has 0 bridgehead atoms. The number of carbonyl (C=O) groups excluding carboxylic acids is 1. The molecule has 28 heavy (non-hydrogen) atoms. The molecule has 0 spiro atoms. The minimum atomic E-state index is -2.98. The van der Waals surface area contributed by atoms with Gasteiger partial charge in [0.2, 0.25) is 0 Å². The predicted molar refractivity (Wildman–Crippen MR) is 111 cm³/mol. The SMILES string of the molecule is O=C(Nc1ccc(F)c(Cl)c1)c1ccc(NC2=N[C@H]3CS(=O)(=O)C[C@@H]3S2)cc1. The lowest BCUT2D eigenvalue weighted by Crippen LogP contribution is -2.13. The van der Waals surface area contributed by atoms with Crippen LogP contribution in [0.25, 0.3) is 0 Å². The predicted octanol–water partition coefficient (Wildman–Crippen LogP) is 3.41. The number of fused-ring (bicyclic) bond motifs is 1. The van der Waals surface area contributed by atoms with Crippen LogP contribution in [0.15, 0.2) is 47.5 Å². The van der Waals surface area contributed by atoms with Crippen LogP contribution in [-0.2, 0) is 9.84 Å². The van der Waals surface area contributed by atoms with Crippen LogP contribution in [-0.4, -0.2) is 42.3 Å². The van der Waals surface area contributed by atoms with Crippen LogP contribution in [0.3, 0.4) is 0 Å². The van der Waals surface area contributed by atoms with E-state index in [0.717, 1.165) is 5.69 Å². The number of rotatable bonds is 3. The molecule has 1 saturated heterocycles. The molecule has 0 aliphatic carbocycles. The second-order valence-electron chi connectivity index (χ2n) is 6.52. The molecule has 0 unspecified atom stereocenters. The minimum Gasteiger partial charge on any atom is -0.335 e. The van der Waals surface area contributed by atoms with E-state index in [0.29, 0.717) is 16.4 Å². The third-order valence-corrected chi connectivity index (χ3v) is 7.83. The van der Waals surface area contributed by atoms with Gasteiger partial charge in [-0.05, 0) is 42.5 Å². The van der Waals surface area contributed by atoms with Crippen molar-refractivity contribution in [3.05, 3.63) is 58.9 Å². The van der Waals surface area contributed by atoms with Crippen molar-refractivity contribution < 1.29 is 17.6 Å². The number of thioether (sulfide) groups is 1. The summed E-state index contributed by atoms with van der Waals surface area (Å²) < 4.78 is 36.4. The molecule has 4 rings (SSSR count). The van der Waals surface area contributed by atoms with Crippen molar-refractivity contribution in [1.82, 2.24) is 0 Å². The van der Waals surface area contributed by atoms with Gasteiger partial charge >= 0.3 is 0 Å². The topological polar surface area (TPSA) is 87.6 Å². The lowest BCUT2D eigenvalue weighted by atomic mass is 10.2. The van der Waals surface area contributed by atoms with Crippen molar-refractivity contribution in [2.45, 2.75) is 11.3 Å². The fourth-order valence-corrected chi connectivity index (χ4v) is 6.88. The van der Waals surface area contributed by atoms with Crippen molar-refractivity contribution in [3.63, 3.8) is 0 Å².